The Morgan fingerprint density at radius 2 is 1.79 bits per heavy atom. The van der Waals surface area contributed by atoms with Crippen LogP contribution in [0.5, 0.6) is 5.75 Å². The molecule has 0 aliphatic rings. The fourth-order valence-electron chi connectivity index (χ4n) is 2.26. The van der Waals surface area contributed by atoms with Crippen molar-refractivity contribution in [3.63, 3.8) is 0 Å². The van der Waals surface area contributed by atoms with Gasteiger partial charge in [-0.1, -0.05) is 23.7 Å². The first-order valence-corrected chi connectivity index (χ1v) is 8.89. The summed E-state index contributed by atoms with van der Waals surface area (Å²) in [6.07, 6.45) is 0. The van der Waals surface area contributed by atoms with E-state index >= 15 is 0 Å². The topological polar surface area (TPSA) is 90.9 Å². The van der Waals surface area contributed by atoms with Crippen molar-refractivity contribution in [1.82, 2.24) is 0 Å². The molecule has 0 unspecified atom stereocenters. The minimum atomic E-state index is -0.705. The quantitative estimate of drug-likeness (QED) is 0.677. The average molecular weight is 406 g/mol. The lowest BCUT2D eigenvalue weighted by Crippen LogP contribution is -2.24. The van der Waals surface area contributed by atoms with Gasteiger partial charge in [-0.05, 0) is 49.7 Å². The summed E-state index contributed by atoms with van der Waals surface area (Å²) in [5.74, 6) is -1.35. The zero-order valence-corrected chi connectivity index (χ0v) is 16.2. The first kappa shape index (κ1) is 21.2. The van der Waals surface area contributed by atoms with E-state index in [4.69, 9.17) is 25.8 Å². The summed E-state index contributed by atoms with van der Waals surface area (Å²) in [6, 6.07) is 11.4. The molecule has 2 rings (SSSR count). The zero-order chi connectivity index (χ0) is 20.5. The second kappa shape index (κ2) is 10.3. The molecule has 1 N–H and O–H groups in total. The van der Waals surface area contributed by atoms with E-state index in [1.165, 1.54) is 6.07 Å². The first-order valence-electron chi connectivity index (χ1n) is 8.51. The molecule has 0 saturated carbocycles. The molecule has 0 heterocycles. The molecule has 0 bridgehead atoms. The Morgan fingerprint density at radius 3 is 2.50 bits per heavy atom. The summed E-state index contributed by atoms with van der Waals surface area (Å²) in [6.45, 7) is 2.83. The van der Waals surface area contributed by atoms with Gasteiger partial charge < -0.3 is 19.5 Å². The van der Waals surface area contributed by atoms with Crippen molar-refractivity contribution >= 4 is 35.1 Å². The highest BCUT2D eigenvalue weighted by Crippen LogP contribution is 2.21. The van der Waals surface area contributed by atoms with Gasteiger partial charge >= 0.3 is 11.9 Å². The molecule has 28 heavy (non-hydrogen) atoms. The molecule has 8 heteroatoms. The van der Waals surface area contributed by atoms with Gasteiger partial charge in [0.05, 0.1) is 17.9 Å². The van der Waals surface area contributed by atoms with Crippen LogP contribution < -0.4 is 10.1 Å². The van der Waals surface area contributed by atoms with Crippen molar-refractivity contribution in [2.45, 2.75) is 13.8 Å². The fourth-order valence-corrected chi connectivity index (χ4v) is 2.49. The highest BCUT2D eigenvalue weighted by Gasteiger charge is 2.15. The van der Waals surface area contributed by atoms with Crippen LogP contribution in [0.2, 0.25) is 5.02 Å². The molecule has 0 fully saturated rings. The molecule has 2 aromatic carbocycles. The van der Waals surface area contributed by atoms with Gasteiger partial charge in [-0.3, -0.25) is 4.79 Å². The number of amides is 1. The zero-order valence-electron chi connectivity index (χ0n) is 15.5. The van der Waals surface area contributed by atoms with E-state index in [0.717, 1.165) is 5.56 Å². The van der Waals surface area contributed by atoms with Crippen molar-refractivity contribution in [2.24, 2.45) is 0 Å². The van der Waals surface area contributed by atoms with Crippen LogP contribution >= 0.6 is 11.6 Å². The Morgan fingerprint density at radius 1 is 1.04 bits per heavy atom. The van der Waals surface area contributed by atoms with Gasteiger partial charge in [0.2, 0.25) is 0 Å². The molecule has 7 nitrogen and oxygen atoms in total. The van der Waals surface area contributed by atoms with Crippen molar-refractivity contribution in [3.05, 3.63) is 58.6 Å². The Bertz CT molecular complexity index is 868. The minimum absolute atomic E-state index is 0.213. The van der Waals surface area contributed by atoms with E-state index in [2.05, 4.69) is 5.32 Å². The number of hydrogen-bond donors (Lipinski definition) is 1. The monoisotopic (exact) mass is 405 g/mol. The summed E-state index contributed by atoms with van der Waals surface area (Å²) in [5, 5.41) is 3.08. The van der Waals surface area contributed by atoms with Gasteiger partial charge in [0.25, 0.3) is 5.91 Å². The Labute approximate surface area is 167 Å². The number of carbonyl (C=O) groups excluding carboxylic acids is 3. The predicted octanol–water partition coefficient (Wildman–Crippen LogP) is 3.39. The van der Waals surface area contributed by atoms with Gasteiger partial charge in [0.1, 0.15) is 5.75 Å². The first-order chi connectivity index (χ1) is 13.4. The fraction of sp³-hybridized carbons (Fsp3) is 0.250. The third-order valence-corrected chi connectivity index (χ3v) is 3.78. The van der Waals surface area contributed by atoms with Gasteiger partial charge in [-0.15, -0.1) is 0 Å². The molecule has 0 saturated heterocycles. The Kier molecular flexibility index (Phi) is 7.83. The summed E-state index contributed by atoms with van der Waals surface area (Å²) in [7, 11) is 0. The number of hydrogen-bond acceptors (Lipinski definition) is 6. The van der Waals surface area contributed by atoms with E-state index in [0.29, 0.717) is 10.8 Å². The Balaban J connectivity index is 1.84. The number of esters is 2. The van der Waals surface area contributed by atoms with E-state index < -0.39 is 24.5 Å². The van der Waals surface area contributed by atoms with E-state index in [1.54, 1.807) is 50.2 Å². The number of halogens is 1. The van der Waals surface area contributed by atoms with Crippen LogP contribution in [0.4, 0.5) is 5.69 Å². The summed E-state index contributed by atoms with van der Waals surface area (Å²) in [5.41, 5.74) is 1.26. The van der Waals surface area contributed by atoms with Gasteiger partial charge in [-0.2, -0.15) is 0 Å². The van der Waals surface area contributed by atoms with E-state index in [-0.39, 0.29) is 24.5 Å². The summed E-state index contributed by atoms with van der Waals surface area (Å²) in [4.78, 5) is 35.7. The van der Waals surface area contributed by atoms with Crippen LogP contribution in [0.1, 0.15) is 22.8 Å². The SMILES string of the molecule is CCOC(=O)c1ccccc1NC(=O)COC(=O)COc1ccc(Cl)cc1C. The molecule has 0 spiro atoms. The van der Waals surface area contributed by atoms with Gasteiger partial charge in [-0.25, -0.2) is 9.59 Å². The molecule has 0 aromatic heterocycles. The van der Waals surface area contributed by atoms with Gasteiger partial charge in [0, 0.05) is 5.02 Å². The largest absolute Gasteiger partial charge is 0.482 e. The second-order valence-corrected chi connectivity index (χ2v) is 6.11. The van der Waals surface area contributed by atoms with Crippen molar-refractivity contribution in [3.8, 4) is 5.75 Å². The lowest BCUT2D eigenvalue weighted by atomic mass is 10.2. The number of anilines is 1. The van der Waals surface area contributed by atoms with Crippen molar-refractivity contribution < 1.29 is 28.6 Å². The summed E-state index contributed by atoms with van der Waals surface area (Å²) < 4.78 is 15.2. The summed E-state index contributed by atoms with van der Waals surface area (Å²) >= 11 is 5.86. The van der Waals surface area contributed by atoms with Crippen LogP contribution in [0, 0.1) is 6.92 Å². The van der Waals surface area contributed by atoms with E-state index in [9.17, 15) is 14.4 Å². The highest BCUT2D eigenvalue weighted by molar-refractivity contribution is 6.30. The lowest BCUT2D eigenvalue weighted by Gasteiger charge is -2.11. The van der Waals surface area contributed by atoms with Crippen LogP contribution in [0.15, 0.2) is 42.5 Å². The standard InChI is InChI=1S/C20H20ClNO6/c1-3-26-20(25)15-6-4-5-7-16(15)22-18(23)11-28-19(24)12-27-17-9-8-14(21)10-13(17)2/h4-10H,3,11-12H2,1-2H3,(H,22,23). The molecule has 148 valence electrons. The number of benzene rings is 2. The van der Waals surface area contributed by atoms with Crippen LogP contribution in [-0.4, -0.2) is 37.7 Å². The smallest absolute Gasteiger partial charge is 0.344 e. The van der Waals surface area contributed by atoms with Crippen LogP contribution in [0.25, 0.3) is 0 Å². The maximum Gasteiger partial charge on any atom is 0.344 e. The highest BCUT2D eigenvalue weighted by atomic mass is 35.5. The maximum atomic E-state index is 12.0. The second-order valence-electron chi connectivity index (χ2n) is 5.67. The predicted molar refractivity (Wildman–Crippen MR) is 104 cm³/mol. The molecule has 1 amide bonds. The molecule has 0 aliphatic carbocycles. The number of rotatable bonds is 8. The van der Waals surface area contributed by atoms with Crippen LogP contribution in [0.3, 0.4) is 0 Å². The molecule has 0 aliphatic heterocycles. The van der Waals surface area contributed by atoms with E-state index in [1.807, 2.05) is 0 Å². The number of ether oxygens (including phenoxy) is 3. The minimum Gasteiger partial charge on any atom is -0.482 e. The number of aryl methyl sites for hydroxylation is 1. The number of carbonyl (C=O) groups is 3. The average Bonchev–Trinajstić information content (AvgIpc) is 2.66. The van der Waals surface area contributed by atoms with Crippen LogP contribution in [-0.2, 0) is 19.1 Å². The molecular weight excluding hydrogens is 386 g/mol. The van der Waals surface area contributed by atoms with Crippen molar-refractivity contribution in [2.75, 3.05) is 25.1 Å². The Hall–Kier alpha value is -3.06. The molecule has 0 atom stereocenters. The number of para-hydroxylation sites is 1. The maximum absolute atomic E-state index is 12.0. The third-order valence-electron chi connectivity index (χ3n) is 3.54. The van der Waals surface area contributed by atoms with Crippen molar-refractivity contribution in [1.29, 1.82) is 0 Å². The molecule has 2 aromatic rings. The third kappa shape index (κ3) is 6.28. The lowest BCUT2D eigenvalue weighted by molar-refractivity contribution is -0.149. The normalized spacial score (nSPS) is 10.1. The van der Waals surface area contributed by atoms with Gasteiger partial charge in [0.15, 0.2) is 13.2 Å². The molecular formula is C20H20ClNO6. The number of nitrogens with one attached hydrogen (secondary N) is 1. The molecule has 0 radical (unpaired) electrons.